The lowest BCUT2D eigenvalue weighted by atomic mass is 9.94. The van der Waals surface area contributed by atoms with Crippen molar-refractivity contribution in [3.8, 4) is 5.75 Å². The Hall–Kier alpha value is -3.12. The van der Waals surface area contributed by atoms with Crippen molar-refractivity contribution in [2.24, 2.45) is 0 Å². The highest BCUT2D eigenvalue weighted by molar-refractivity contribution is 6.46. The number of benzene rings is 2. The number of nitrogens with zero attached hydrogens (tertiary/aromatic N) is 1. The summed E-state index contributed by atoms with van der Waals surface area (Å²) in [4.78, 5) is 27.6. The molecule has 162 valence electrons. The number of carbonyl (C=O) groups is 2. The van der Waals surface area contributed by atoms with E-state index in [-0.39, 0.29) is 17.4 Å². The van der Waals surface area contributed by atoms with Crippen LogP contribution in [-0.2, 0) is 20.7 Å². The predicted octanol–water partition coefficient (Wildman–Crippen LogP) is 3.86. The van der Waals surface area contributed by atoms with Gasteiger partial charge in [-0.1, -0.05) is 31.2 Å². The lowest BCUT2D eigenvalue weighted by molar-refractivity contribution is -0.140. The minimum Gasteiger partial charge on any atom is -0.507 e. The van der Waals surface area contributed by atoms with Crippen molar-refractivity contribution in [3.63, 3.8) is 0 Å². The summed E-state index contributed by atoms with van der Waals surface area (Å²) < 4.78 is 10.9. The maximum Gasteiger partial charge on any atom is 0.295 e. The van der Waals surface area contributed by atoms with E-state index >= 15 is 0 Å². The number of methoxy groups -OCH3 is 1. The van der Waals surface area contributed by atoms with Crippen LogP contribution in [0.25, 0.3) is 5.76 Å². The van der Waals surface area contributed by atoms with Crippen molar-refractivity contribution in [2.75, 3.05) is 20.3 Å². The van der Waals surface area contributed by atoms with Crippen molar-refractivity contribution in [3.05, 3.63) is 70.8 Å². The van der Waals surface area contributed by atoms with E-state index in [2.05, 4.69) is 6.92 Å². The molecule has 0 saturated carbocycles. The number of aliphatic hydroxyl groups is 1. The largest absolute Gasteiger partial charge is 0.507 e. The highest BCUT2D eigenvalue weighted by Crippen LogP contribution is 2.40. The van der Waals surface area contributed by atoms with Crippen LogP contribution in [0.15, 0.2) is 54.1 Å². The lowest BCUT2D eigenvalue weighted by Gasteiger charge is -2.27. The van der Waals surface area contributed by atoms with Gasteiger partial charge in [0, 0.05) is 18.7 Å². The number of rotatable bonds is 6. The van der Waals surface area contributed by atoms with Crippen LogP contribution in [-0.4, -0.2) is 48.1 Å². The van der Waals surface area contributed by atoms with Gasteiger partial charge in [0.2, 0.25) is 0 Å². The molecule has 0 aromatic heterocycles. The average Bonchev–Trinajstić information content (AvgIpc) is 3.41. The Morgan fingerprint density at radius 3 is 2.42 bits per heavy atom. The Morgan fingerprint density at radius 2 is 1.84 bits per heavy atom. The Morgan fingerprint density at radius 1 is 1.13 bits per heavy atom. The van der Waals surface area contributed by atoms with Gasteiger partial charge in [0.1, 0.15) is 11.5 Å². The first-order chi connectivity index (χ1) is 15.0. The van der Waals surface area contributed by atoms with Gasteiger partial charge in [-0.25, -0.2) is 0 Å². The Balaban J connectivity index is 1.79. The normalized spacial score (nSPS) is 22.8. The number of amides is 1. The van der Waals surface area contributed by atoms with Crippen molar-refractivity contribution in [1.82, 2.24) is 4.90 Å². The molecule has 0 aliphatic carbocycles. The molecule has 4 rings (SSSR count). The summed E-state index contributed by atoms with van der Waals surface area (Å²) in [6.07, 6.45) is 2.58. The van der Waals surface area contributed by atoms with Crippen molar-refractivity contribution >= 4 is 17.4 Å². The number of aryl methyl sites for hydroxylation is 1. The van der Waals surface area contributed by atoms with Crippen LogP contribution in [0.5, 0.6) is 5.75 Å². The molecule has 6 heteroatoms. The van der Waals surface area contributed by atoms with E-state index in [1.807, 2.05) is 24.3 Å². The number of ether oxygens (including phenoxy) is 2. The quantitative estimate of drug-likeness (QED) is 0.436. The number of Topliss-reactive ketones (excluding diaryl/α,β-unsaturated/α-hetero) is 1. The molecule has 2 aromatic carbocycles. The van der Waals surface area contributed by atoms with Crippen LogP contribution in [0.3, 0.4) is 0 Å². The molecule has 2 atom stereocenters. The fourth-order valence-electron chi connectivity index (χ4n) is 4.26. The summed E-state index contributed by atoms with van der Waals surface area (Å²) in [6.45, 7) is 3.06. The molecule has 2 aliphatic heterocycles. The van der Waals surface area contributed by atoms with Gasteiger partial charge in [-0.2, -0.15) is 0 Å². The number of hydrogen-bond acceptors (Lipinski definition) is 5. The zero-order valence-corrected chi connectivity index (χ0v) is 17.8. The predicted molar refractivity (Wildman–Crippen MR) is 117 cm³/mol. The highest BCUT2D eigenvalue weighted by atomic mass is 16.5. The van der Waals surface area contributed by atoms with Gasteiger partial charge in [0.05, 0.1) is 24.8 Å². The summed E-state index contributed by atoms with van der Waals surface area (Å²) in [5.74, 6) is -0.812. The first-order valence-electron chi connectivity index (χ1n) is 10.7. The Bertz CT molecular complexity index is 988. The molecule has 2 aromatic rings. The number of ketones is 1. The van der Waals surface area contributed by atoms with E-state index in [1.54, 1.807) is 36.3 Å². The number of carbonyl (C=O) groups excluding carboxylic acids is 2. The summed E-state index contributed by atoms with van der Waals surface area (Å²) in [5.41, 5.74) is 2.53. The van der Waals surface area contributed by atoms with Crippen molar-refractivity contribution in [1.29, 1.82) is 0 Å². The van der Waals surface area contributed by atoms with Gasteiger partial charge in [0.15, 0.2) is 0 Å². The smallest absolute Gasteiger partial charge is 0.295 e. The highest BCUT2D eigenvalue weighted by Gasteiger charge is 2.47. The average molecular weight is 421 g/mol. The second kappa shape index (κ2) is 8.94. The van der Waals surface area contributed by atoms with E-state index in [9.17, 15) is 14.7 Å². The SMILES string of the molecule is CCc1ccc([C@H]2C(=C(O)c3ccc(OC)cc3)C(=O)C(=O)N2C[C@H]2CCCO2)cc1. The Labute approximate surface area is 182 Å². The molecule has 2 heterocycles. The molecule has 2 saturated heterocycles. The second-order valence-corrected chi connectivity index (χ2v) is 7.91. The molecule has 0 unspecified atom stereocenters. The third kappa shape index (κ3) is 4.08. The fourth-order valence-corrected chi connectivity index (χ4v) is 4.26. The molecule has 0 spiro atoms. The first-order valence-corrected chi connectivity index (χ1v) is 10.7. The monoisotopic (exact) mass is 421 g/mol. The lowest BCUT2D eigenvalue weighted by Crippen LogP contribution is -2.36. The van der Waals surface area contributed by atoms with Gasteiger partial charge >= 0.3 is 0 Å². The van der Waals surface area contributed by atoms with Crippen LogP contribution in [0.4, 0.5) is 0 Å². The molecule has 0 bridgehead atoms. The first kappa shape index (κ1) is 21.1. The standard InChI is InChI=1S/C25H27NO5/c1-3-16-6-8-17(9-7-16)22-21(23(27)18-10-12-19(30-2)13-11-18)24(28)25(29)26(22)15-20-5-4-14-31-20/h6-13,20,22,27H,3-5,14-15H2,1-2H3/t20-,22+/m1/s1. The third-order valence-corrected chi connectivity index (χ3v) is 6.03. The van der Waals surface area contributed by atoms with Gasteiger partial charge in [0.25, 0.3) is 11.7 Å². The molecule has 2 aliphatic rings. The summed E-state index contributed by atoms with van der Waals surface area (Å²) in [6, 6.07) is 14.0. The van der Waals surface area contributed by atoms with Crippen molar-refractivity contribution in [2.45, 2.75) is 38.3 Å². The van der Waals surface area contributed by atoms with Crippen LogP contribution < -0.4 is 4.74 Å². The van der Waals surface area contributed by atoms with Crippen LogP contribution in [0.2, 0.25) is 0 Å². The minimum atomic E-state index is -0.670. The summed E-state index contributed by atoms with van der Waals surface area (Å²) >= 11 is 0. The molecule has 0 radical (unpaired) electrons. The van der Waals surface area contributed by atoms with E-state index in [4.69, 9.17) is 9.47 Å². The third-order valence-electron chi connectivity index (χ3n) is 6.03. The van der Waals surface area contributed by atoms with E-state index in [0.29, 0.717) is 24.5 Å². The second-order valence-electron chi connectivity index (χ2n) is 7.91. The van der Waals surface area contributed by atoms with Gasteiger partial charge in [-0.05, 0) is 54.7 Å². The summed E-state index contributed by atoms with van der Waals surface area (Å²) in [5, 5.41) is 11.1. The molecular weight excluding hydrogens is 394 g/mol. The molecule has 31 heavy (non-hydrogen) atoms. The van der Waals surface area contributed by atoms with E-state index in [1.165, 1.54) is 0 Å². The van der Waals surface area contributed by atoms with Crippen LogP contribution in [0, 0.1) is 0 Å². The summed E-state index contributed by atoms with van der Waals surface area (Å²) in [7, 11) is 1.56. The zero-order valence-electron chi connectivity index (χ0n) is 17.8. The minimum absolute atomic E-state index is 0.100. The van der Waals surface area contributed by atoms with Gasteiger partial charge in [-0.15, -0.1) is 0 Å². The maximum atomic E-state index is 13.1. The number of likely N-dealkylation sites (tertiary alicyclic amines) is 1. The molecule has 1 N–H and O–H groups in total. The molecule has 1 amide bonds. The topological polar surface area (TPSA) is 76.1 Å². The zero-order chi connectivity index (χ0) is 22.0. The van der Waals surface area contributed by atoms with Crippen LogP contribution >= 0.6 is 0 Å². The van der Waals surface area contributed by atoms with Gasteiger partial charge in [-0.3, -0.25) is 9.59 Å². The van der Waals surface area contributed by atoms with Crippen LogP contribution in [0.1, 0.15) is 42.5 Å². The Kier molecular flexibility index (Phi) is 6.09. The maximum absolute atomic E-state index is 13.1. The molecule has 6 nitrogen and oxygen atoms in total. The molecule has 2 fully saturated rings. The van der Waals surface area contributed by atoms with E-state index in [0.717, 1.165) is 30.4 Å². The van der Waals surface area contributed by atoms with E-state index < -0.39 is 17.7 Å². The van der Waals surface area contributed by atoms with Crippen molar-refractivity contribution < 1.29 is 24.2 Å². The van der Waals surface area contributed by atoms with Gasteiger partial charge < -0.3 is 19.5 Å². The fraction of sp³-hybridized carbons (Fsp3) is 0.360. The number of hydrogen-bond donors (Lipinski definition) is 1. The molecular formula is C25H27NO5. The number of aliphatic hydroxyl groups excluding tert-OH is 1.